The van der Waals surface area contributed by atoms with E-state index in [2.05, 4.69) is 10.2 Å². The molecule has 1 atom stereocenters. The van der Waals surface area contributed by atoms with Crippen molar-refractivity contribution < 1.29 is 8.42 Å². The first-order chi connectivity index (χ1) is 7.93. The third kappa shape index (κ3) is 2.17. The van der Waals surface area contributed by atoms with Crippen molar-refractivity contribution in [3.05, 3.63) is 12.2 Å². The summed E-state index contributed by atoms with van der Waals surface area (Å²) in [6.45, 7) is 2.65. The second-order valence-corrected chi connectivity index (χ2v) is 6.59. The quantitative estimate of drug-likeness (QED) is 0.718. The summed E-state index contributed by atoms with van der Waals surface area (Å²) in [6, 6.07) is 0. The van der Waals surface area contributed by atoms with Gasteiger partial charge in [-0.15, -0.1) is 10.2 Å². The van der Waals surface area contributed by atoms with E-state index >= 15 is 0 Å². The van der Waals surface area contributed by atoms with Gasteiger partial charge < -0.3 is 10.3 Å². The zero-order valence-corrected chi connectivity index (χ0v) is 10.9. The molecule has 0 saturated heterocycles. The number of nitrogens with zero attached hydrogens (tertiary/aromatic N) is 4. The number of nitrogens with two attached hydrogens (primary N) is 1. The molecule has 0 radical (unpaired) electrons. The summed E-state index contributed by atoms with van der Waals surface area (Å²) in [5, 5.41) is 6.75. The highest BCUT2D eigenvalue weighted by atomic mass is 32.2. The molecule has 17 heavy (non-hydrogen) atoms. The molecule has 2 rings (SSSR count). The Morgan fingerprint density at radius 1 is 1.59 bits per heavy atom. The van der Waals surface area contributed by atoms with Crippen LogP contribution in [0.25, 0.3) is 0 Å². The summed E-state index contributed by atoms with van der Waals surface area (Å²) in [4.78, 5) is -0.0166. The molecular weight excluding hydrogens is 262 g/mol. The minimum Gasteiger partial charge on any atom is -0.392 e. The number of aromatic nitrogens is 3. The Labute approximate surface area is 105 Å². The van der Waals surface area contributed by atoms with Crippen LogP contribution in [0.5, 0.6) is 0 Å². The molecule has 0 aromatic carbocycles. The first-order valence-electron chi connectivity index (χ1n) is 5.08. The lowest BCUT2D eigenvalue weighted by Crippen LogP contribution is -2.46. The third-order valence-electron chi connectivity index (χ3n) is 2.81. The highest BCUT2D eigenvalue weighted by molar-refractivity contribution is 7.92. The van der Waals surface area contributed by atoms with Crippen LogP contribution in [0, 0.1) is 0 Å². The first kappa shape index (κ1) is 12.4. The molecule has 2 N–H and O–H groups in total. The lowest BCUT2D eigenvalue weighted by molar-refractivity contribution is 0.334. The Bertz CT molecular complexity index is 538. The lowest BCUT2D eigenvalue weighted by atomic mass is 10.4. The average molecular weight is 275 g/mol. The van der Waals surface area contributed by atoms with Crippen molar-refractivity contribution in [1.29, 1.82) is 0 Å². The van der Waals surface area contributed by atoms with Gasteiger partial charge in [0, 0.05) is 13.1 Å². The molecule has 0 fully saturated rings. The van der Waals surface area contributed by atoms with Gasteiger partial charge >= 0.3 is 0 Å². The minimum atomic E-state index is -3.50. The minimum absolute atomic E-state index is 0.0166. The maximum atomic E-state index is 12.2. The van der Waals surface area contributed by atoms with Crippen molar-refractivity contribution >= 4 is 27.2 Å². The molecule has 2 heterocycles. The molecule has 0 bridgehead atoms. The van der Waals surface area contributed by atoms with E-state index in [0.717, 1.165) is 0 Å². The van der Waals surface area contributed by atoms with Gasteiger partial charge in [-0.05, 0) is 6.92 Å². The summed E-state index contributed by atoms with van der Waals surface area (Å²) in [7, 11) is -3.50. The van der Waals surface area contributed by atoms with Gasteiger partial charge in [-0.1, -0.05) is 12.2 Å². The van der Waals surface area contributed by atoms with E-state index in [1.165, 1.54) is 11.2 Å². The summed E-state index contributed by atoms with van der Waals surface area (Å²) in [6.07, 6.45) is 1.59. The molecule has 0 spiro atoms. The molecule has 9 heteroatoms. The molecule has 1 aromatic heterocycles. The van der Waals surface area contributed by atoms with Crippen molar-refractivity contribution in [3.8, 4) is 0 Å². The van der Waals surface area contributed by atoms with E-state index in [1.807, 2.05) is 4.57 Å². The van der Waals surface area contributed by atoms with Crippen LogP contribution in [0.1, 0.15) is 12.7 Å². The topological polar surface area (TPSA) is 94.1 Å². The van der Waals surface area contributed by atoms with Crippen LogP contribution in [0.3, 0.4) is 0 Å². The van der Waals surface area contributed by atoms with E-state index in [0.29, 0.717) is 18.9 Å². The first-order valence-corrected chi connectivity index (χ1v) is 6.99. The fraction of sp³-hybridized carbons (Fsp3) is 0.625. The Kier molecular flexibility index (Phi) is 3.15. The van der Waals surface area contributed by atoms with E-state index in [-0.39, 0.29) is 11.5 Å². The second-order valence-electron chi connectivity index (χ2n) is 3.86. The van der Waals surface area contributed by atoms with Gasteiger partial charge in [-0.3, -0.25) is 0 Å². The van der Waals surface area contributed by atoms with Gasteiger partial charge in [0.15, 0.2) is 0 Å². The summed E-state index contributed by atoms with van der Waals surface area (Å²) >= 11 is 4.74. The van der Waals surface area contributed by atoms with Gasteiger partial charge in [-0.25, -0.2) is 8.42 Å². The van der Waals surface area contributed by atoms with E-state index in [4.69, 9.17) is 18.0 Å². The van der Waals surface area contributed by atoms with Crippen LogP contribution in [-0.2, 0) is 23.1 Å². The van der Waals surface area contributed by atoms with Crippen molar-refractivity contribution in [3.63, 3.8) is 0 Å². The Morgan fingerprint density at radius 3 is 2.94 bits per heavy atom. The molecule has 1 unspecified atom stereocenters. The third-order valence-corrected chi connectivity index (χ3v) is 5.49. The van der Waals surface area contributed by atoms with Crippen LogP contribution in [0.15, 0.2) is 6.33 Å². The smallest absolute Gasteiger partial charge is 0.223 e. The fourth-order valence-electron chi connectivity index (χ4n) is 1.63. The molecule has 7 nitrogen and oxygen atoms in total. The Balaban J connectivity index is 2.24. The number of hydrogen-bond acceptors (Lipinski definition) is 5. The number of rotatable bonds is 3. The van der Waals surface area contributed by atoms with Crippen molar-refractivity contribution in [2.75, 3.05) is 6.54 Å². The largest absolute Gasteiger partial charge is 0.392 e. The monoisotopic (exact) mass is 275 g/mol. The number of hydrogen-bond donors (Lipinski definition) is 1. The number of fused-ring (bicyclic) bond motifs is 1. The van der Waals surface area contributed by atoms with E-state index < -0.39 is 15.3 Å². The van der Waals surface area contributed by atoms with Crippen LogP contribution >= 0.6 is 12.2 Å². The van der Waals surface area contributed by atoms with Crippen LogP contribution in [-0.4, -0.2) is 44.3 Å². The SMILES string of the molecule is CC(C(N)=S)S(=O)(=O)N1CCn2cnnc2C1. The predicted octanol–water partition coefficient (Wildman–Crippen LogP) is -0.902. The van der Waals surface area contributed by atoms with Gasteiger partial charge in [-0.2, -0.15) is 4.31 Å². The maximum absolute atomic E-state index is 12.2. The van der Waals surface area contributed by atoms with Crippen LogP contribution < -0.4 is 5.73 Å². The predicted molar refractivity (Wildman–Crippen MR) is 65.6 cm³/mol. The normalized spacial score (nSPS) is 18.6. The highest BCUT2D eigenvalue weighted by Crippen LogP contribution is 2.17. The van der Waals surface area contributed by atoms with Crippen molar-refractivity contribution in [2.24, 2.45) is 5.73 Å². The highest BCUT2D eigenvalue weighted by Gasteiger charge is 2.33. The van der Waals surface area contributed by atoms with E-state index in [1.54, 1.807) is 6.33 Å². The van der Waals surface area contributed by atoms with Crippen LogP contribution in [0.4, 0.5) is 0 Å². The fourth-order valence-corrected chi connectivity index (χ4v) is 3.37. The zero-order chi connectivity index (χ0) is 12.6. The van der Waals surface area contributed by atoms with Gasteiger partial charge in [0.05, 0.1) is 11.5 Å². The van der Waals surface area contributed by atoms with Gasteiger partial charge in [0.2, 0.25) is 10.0 Å². The van der Waals surface area contributed by atoms with Crippen LogP contribution in [0.2, 0.25) is 0 Å². The lowest BCUT2D eigenvalue weighted by Gasteiger charge is -2.28. The molecule has 94 valence electrons. The summed E-state index contributed by atoms with van der Waals surface area (Å²) < 4.78 is 27.5. The van der Waals surface area contributed by atoms with Crippen molar-refractivity contribution in [2.45, 2.75) is 25.3 Å². The number of sulfonamides is 1. The second kappa shape index (κ2) is 4.31. The molecule has 1 aliphatic rings. The number of thiocarbonyl (C=S) groups is 1. The summed E-state index contributed by atoms with van der Waals surface area (Å²) in [5.41, 5.74) is 5.40. The zero-order valence-electron chi connectivity index (χ0n) is 9.28. The molecule has 1 aromatic rings. The van der Waals surface area contributed by atoms with Gasteiger partial charge in [0.1, 0.15) is 17.4 Å². The maximum Gasteiger partial charge on any atom is 0.223 e. The molecule has 0 saturated carbocycles. The Morgan fingerprint density at radius 2 is 2.29 bits per heavy atom. The average Bonchev–Trinajstić information content (AvgIpc) is 2.74. The molecule has 0 aliphatic carbocycles. The molecule has 0 amide bonds. The van der Waals surface area contributed by atoms with Crippen molar-refractivity contribution in [1.82, 2.24) is 19.1 Å². The Hall–Kier alpha value is -1.06. The molecular formula is C8H13N5O2S2. The van der Waals surface area contributed by atoms with Gasteiger partial charge in [0.25, 0.3) is 0 Å². The van der Waals surface area contributed by atoms with E-state index in [9.17, 15) is 8.42 Å². The standard InChI is InChI=1S/C8H13N5O2S2/c1-6(8(9)16)17(14,15)13-3-2-12-5-10-11-7(12)4-13/h5-6H,2-4H2,1H3,(H2,9,16). The summed E-state index contributed by atoms with van der Waals surface area (Å²) in [5.74, 6) is 0.634. The molecule has 1 aliphatic heterocycles.